The molecule has 4 heteroatoms. The van der Waals surface area contributed by atoms with Crippen LogP contribution in [0.1, 0.15) is 74.3 Å². The first kappa shape index (κ1) is 14.9. The zero-order valence-corrected chi connectivity index (χ0v) is 13.3. The molecule has 0 amide bonds. The third kappa shape index (κ3) is 3.11. The molecule has 1 N–H and O–H groups in total. The lowest BCUT2D eigenvalue weighted by molar-refractivity contribution is 0.0286. The Labute approximate surface area is 127 Å². The largest absolute Gasteiger partial charge is 0.373 e. The van der Waals surface area contributed by atoms with E-state index in [9.17, 15) is 0 Å². The minimum absolute atomic E-state index is 0.0757. The fourth-order valence-corrected chi connectivity index (χ4v) is 3.78. The molecule has 116 valence electrons. The summed E-state index contributed by atoms with van der Waals surface area (Å²) in [5.41, 5.74) is 3.76. The lowest BCUT2D eigenvalue weighted by atomic mass is 9.84. The van der Waals surface area contributed by atoms with Crippen LogP contribution in [-0.2, 0) is 24.2 Å². The van der Waals surface area contributed by atoms with Crippen molar-refractivity contribution in [2.45, 2.75) is 71.1 Å². The van der Waals surface area contributed by atoms with Crippen LogP contribution in [0.3, 0.4) is 0 Å². The normalized spacial score (nSPS) is 20.5. The summed E-state index contributed by atoms with van der Waals surface area (Å²) in [5, 5.41) is 3.41. The van der Waals surface area contributed by atoms with Crippen LogP contribution in [0.25, 0.3) is 0 Å². The zero-order valence-electron chi connectivity index (χ0n) is 13.3. The van der Waals surface area contributed by atoms with Crippen LogP contribution in [0, 0.1) is 5.92 Å². The molecule has 2 aliphatic rings. The summed E-state index contributed by atoms with van der Waals surface area (Å²) in [7, 11) is 1.81. The molecule has 0 spiro atoms. The van der Waals surface area contributed by atoms with Gasteiger partial charge >= 0.3 is 0 Å². The minimum Gasteiger partial charge on any atom is -0.373 e. The lowest BCUT2D eigenvalue weighted by Gasteiger charge is -2.28. The van der Waals surface area contributed by atoms with E-state index >= 15 is 0 Å². The first-order valence-corrected chi connectivity index (χ1v) is 8.45. The van der Waals surface area contributed by atoms with E-state index in [0.717, 1.165) is 31.8 Å². The van der Waals surface area contributed by atoms with Gasteiger partial charge in [-0.1, -0.05) is 32.6 Å². The van der Waals surface area contributed by atoms with Gasteiger partial charge in [-0.05, 0) is 25.2 Å². The highest BCUT2D eigenvalue weighted by atomic mass is 16.5. The van der Waals surface area contributed by atoms with Crippen molar-refractivity contribution in [2.24, 2.45) is 5.92 Å². The third-order valence-corrected chi connectivity index (χ3v) is 4.86. The third-order valence-electron chi connectivity index (χ3n) is 4.86. The van der Waals surface area contributed by atoms with E-state index in [1.165, 1.54) is 49.1 Å². The van der Waals surface area contributed by atoms with Gasteiger partial charge in [0.05, 0.1) is 5.69 Å². The van der Waals surface area contributed by atoms with Crippen LogP contribution < -0.4 is 5.32 Å². The van der Waals surface area contributed by atoms with Crippen molar-refractivity contribution in [2.75, 3.05) is 7.11 Å². The Hall–Kier alpha value is -1.00. The summed E-state index contributed by atoms with van der Waals surface area (Å²) in [6.07, 6.45) is 8.75. The zero-order chi connectivity index (χ0) is 14.7. The molecule has 0 bridgehead atoms. The standard InChI is InChI=1S/C17H27N3O/c1-3-7-14-13-10-18-11-15(13)20-17(19-14)16(21-2)12-8-5-4-6-9-12/h12,16,18H,3-11H2,1-2H3. The number of aromatic nitrogens is 2. The Bertz CT molecular complexity index is 483. The van der Waals surface area contributed by atoms with Gasteiger partial charge in [0.25, 0.3) is 0 Å². The highest BCUT2D eigenvalue weighted by molar-refractivity contribution is 5.30. The fourth-order valence-electron chi connectivity index (χ4n) is 3.78. The number of aryl methyl sites for hydroxylation is 1. The highest BCUT2D eigenvalue weighted by Crippen LogP contribution is 2.36. The smallest absolute Gasteiger partial charge is 0.157 e. The number of fused-ring (bicyclic) bond motifs is 1. The van der Waals surface area contributed by atoms with Gasteiger partial charge in [-0.25, -0.2) is 9.97 Å². The summed E-state index contributed by atoms with van der Waals surface area (Å²) in [4.78, 5) is 9.75. The topological polar surface area (TPSA) is 47.0 Å². The molecule has 0 radical (unpaired) electrons. The molecule has 1 aliphatic carbocycles. The van der Waals surface area contributed by atoms with E-state index in [-0.39, 0.29) is 6.10 Å². The highest BCUT2D eigenvalue weighted by Gasteiger charge is 2.29. The molecule has 3 rings (SSSR count). The molecule has 0 aromatic carbocycles. The van der Waals surface area contributed by atoms with Crippen LogP contribution in [0.5, 0.6) is 0 Å². The molecule has 1 aliphatic heterocycles. The number of nitrogens with one attached hydrogen (secondary N) is 1. The van der Waals surface area contributed by atoms with E-state index in [2.05, 4.69) is 12.2 Å². The molecule has 2 heterocycles. The number of methoxy groups -OCH3 is 1. The van der Waals surface area contributed by atoms with Gasteiger partial charge in [0.1, 0.15) is 6.10 Å². The summed E-state index contributed by atoms with van der Waals surface area (Å²) < 4.78 is 5.82. The average molecular weight is 289 g/mol. The van der Waals surface area contributed by atoms with Gasteiger partial charge in [0.15, 0.2) is 5.82 Å². The van der Waals surface area contributed by atoms with Crippen molar-refractivity contribution in [3.8, 4) is 0 Å². The number of nitrogens with zero attached hydrogens (tertiary/aromatic N) is 2. The van der Waals surface area contributed by atoms with Crippen molar-refractivity contribution < 1.29 is 4.74 Å². The molecule has 4 nitrogen and oxygen atoms in total. The van der Waals surface area contributed by atoms with Crippen molar-refractivity contribution in [3.63, 3.8) is 0 Å². The average Bonchev–Trinajstić information content (AvgIpc) is 2.98. The molecular weight excluding hydrogens is 262 g/mol. The van der Waals surface area contributed by atoms with Crippen molar-refractivity contribution in [1.82, 2.24) is 15.3 Å². The Kier molecular flexibility index (Phi) is 4.86. The monoisotopic (exact) mass is 289 g/mol. The minimum atomic E-state index is 0.0757. The fraction of sp³-hybridized carbons (Fsp3) is 0.765. The second-order valence-corrected chi connectivity index (χ2v) is 6.36. The summed E-state index contributed by atoms with van der Waals surface area (Å²) in [6.45, 7) is 4.01. The van der Waals surface area contributed by atoms with Gasteiger partial charge < -0.3 is 10.1 Å². The molecule has 1 unspecified atom stereocenters. The summed E-state index contributed by atoms with van der Waals surface area (Å²) >= 11 is 0. The van der Waals surface area contributed by atoms with Gasteiger partial charge in [0, 0.05) is 31.5 Å². The molecular formula is C17H27N3O. The Morgan fingerprint density at radius 2 is 2.00 bits per heavy atom. The first-order chi connectivity index (χ1) is 10.3. The maximum atomic E-state index is 5.82. The summed E-state index contributed by atoms with van der Waals surface area (Å²) in [6, 6.07) is 0. The number of rotatable bonds is 5. The molecule has 1 fully saturated rings. The predicted molar refractivity (Wildman–Crippen MR) is 82.9 cm³/mol. The lowest BCUT2D eigenvalue weighted by Crippen LogP contribution is -2.21. The molecule has 1 aromatic heterocycles. The van der Waals surface area contributed by atoms with Crippen LogP contribution in [0.15, 0.2) is 0 Å². The van der Waals surface area contributed by atoms with Crippen LogP contribution >= 0.6 is 0 Å². The number of hydrogen-bond acceptors (Lipinski definition) is 4. The van der Waals surface area contributed by atoms with Gasteiger partial charge in [-0.2, -0.15) is 0 Å². The van der Waals surface area contributed by atoms with E-state index in [1.54, 1.807) is 0 Å². The first-order valence-electron chi connectivity index (χ1n) is 8.45. The molecule has 0 saturated heterocycles. The van der Waals surface area contributed by atoms with Crippen molar-refractivity contribution in [3.05, 3.63) is 22.8 Å². The van der Waals surface area contributed by atoms with E-state index < -0.39 is 0 Å². The number of ether oxygens (including phenoxy) is 1. The Morgan fingerprint density at radius 1 is 1.19 bits per heavy atom. The Balaban J connectivity index is 1.90. The van der Waals surface area contributed by atoms with E-state index in [1.807, 2.05) is 7.11 Å². The SMILES string of the molecule is CCCc1nc(C(OC)C2CCCCC2)nc2c1CNC2. The molecule has 1 saturated carbocycles. The van der Waals surface area contributed by atoms with E-state index in [4.69, 9.17) is 14.7 Å². The van der Waals surface area contributed by atoms with Gasteiger partial charge in [0.2, 0.25) is 0 Å². The molecule has 1 aromatic rings. The van der Waals surface area contributed by atoms with Crippen molar-refractivity contribution >= 4 is 0 Å². The maximum absolute atomic E-state index is 5.82. The van der Waals surface area contributed by atoms with Gasteiger partial charge in [-0.15, -0.1) is 0 Å². The van der Waals surface area contributed by atoms with Crippen molar-refractivity contribution in [1.29, 1.82) is 0 Å². The van der Waals surface area contributed by atoms with Gasteiger partial charge in [-0.3, -0.25) is 0 Å². The van der Waals surface area contributed by atoms with Crippen LogP contribution in [0.4, 0.5) is 0 Å². The quantitative estimate of drug-likeness (QED) is 0.903. The molecule has 1 atom stereocenters. The predicted octanol–water partition coefficient (Wildman–Crippen LogP) is 3.30. The van der Waals surface area contributed by atoms with E-state index in [0.29, 0.717) is 5.92 Å². The second-order valence-electron chi connectivity index (χ2n) is 6.36. The van der Waals surface area contributed by atoms with Crippen LogP contribution in [-0.4, -0.2) is 17.1 Å². The Morgan fingerprint density at radius 3 is 2.71 bits per heavy atom. The van der Waals surface area contributed by atoms with Crippen LogP contribution in [0.2, 0.25) is 0 Å². The number of hydrogen-bond donors (Lipinski definition) is 1. The molecule has 21 heavy (non-hydrogen) atoms. The summed E-state index contributed by atoms with van der Waals surface area (Å²) in [5.74, 6) is 1.51. The second kappa shape index (κ2) is 6.84. The maximum Gasteiger partial charge on any atom is 0.157 e.